The fraction of sp³-hybridized carbons (Fsp3) is 0.720. The van der Waals surface area contributed by atoms with Crippen LogP contribution in [-0.2, 0) is 4.79 Å². The normalized spacial score (nSPS) is 31.5. The second-order valence-corrected chi connectivity index (χ2v) is 9.78. The molecule has 0 spiro atoms. The van der Waals surface area contributed by atoms with Gasteiger partial charge < -0.3 is 24.8 Å². The summed E-state index contributed by atoms with van der Waals surface area (Å²) in [5.41, 5.74) is 0.396. The molecule has 0 bridgehead atoms. The zero-order valence-corrected chi connectivity index (χ0v) is 19.1. The van der Waals surface area contributed by atoms with Gasteiger partial charge in [0.15, 0.2) is 6.54 Å². The number of quaternary nitrogens is 1. The topological polar surface area (TPSA) is 72.2 Å². The molecule has 1 aromatic rings. The Bertz CT molecular complexity index is 764. The molecule has 1 amide bonds. The van der Waals surface area contributed by atoms with Gasteiger partial charge >= 0.3 is 0 Å². The van der Waals surface area contributed by atoms with Gasteiger partial charge in [-0.2, -0.15) is 0 Å². The van der Waals surface area contributed by atoms with Crippen LogP contribution in [0.15, 0.2) is 18.2 Å². The van der Waals surface area contributed by atoms with E-state index in [0.717, 1.165) is 68.6 Å². The van der Waals surface area contributed by atoms with E-state index in [1.54, 1.807) is 14.2 Å². The van der Waals surface area contributed by atoms with Gasteiger partial charge in [-0.05, 0) is 43.9 Å². The average molecular weight is 432 g/mol. The van der Waals surface area contributed by atoms with Crippen LogP contribution in [0.4, 0.5) is 0 Å². The van der Waals surface area contributed by atoms with Gasteiger partial charge in [-0.15, -0.1) is 0 Å². The summed E-state index contributed by atoms with van der Waals surface area (Å²) in [4.78, 5) is 14.3. The van der Waals surface area contributed by atoms with Crippen molar-refractivity contribution in [3.63, 3.8) is 0 Å². The van der Waals surface area contributed by atoms with Crippen LogP contribution in [0.2, 0.25) is 0 Å². The van der Waals surface area contributed by atoms with Gasteiger partial charge in [0.2, 0.25) is 0 Å². The van der Waals surface area contributed by atoms with E-state index in [0.29, 0.717) is 12.6 Å². The van der Waals surface area contributed by atoms with Crippen LogP contribution in [0.3, 0.4) is 0 Å². The Kier molecular flexibility index (Phi) is 7.07. The summed E-state index contributed by atoms with van der Waals surface area (Å²) in [5, 5.41) is 14.8. The molecule has 0 radical (unpaired) electrons. The van der Waals surface area contributed by atoms with Gasteiger partial charge in [-0.25, -0.2) is 0 Å². The molecule has 3 aliphatic rings. The highest BCUT2D eigenvalue weighted by Gasteiger charge is 2.52. The van der Waals surface area contributed by atoms with Crippen molar-refractivity contribution >= 4 is 5.91 Å². The van der Waals surface area contributed by atoms with Crippen molar-refractivity contribution in [1.82, 2.24) is 5.32 Å². The minimum atomic E-state index is -0.652. The largest absolute Gasteiger partial charge is 0.497 e. The predicted molar refractivity (Wildman–Crippen MR) is 120 cm³/mol. The summed E-state index contributed by atoms with van der Waals surface area (Å²) in [6.45, 7) is 1.23. The highest BCUT2D eigenvalue weighted by molar-refractivity contribution is 5.77. The molecule has 31 heavy (non-hydrogen) atoms. The second kappa shape index (κ2) is 9.78. The Labute approximate surface area is 186 Å². The maximum absolute atomic E-state index is 13.0. The zero-order valence-electron chi connectivity index (χ0n) is 19.1. The Morgan fingerprint density at radius 3 is 2.61 bits per heavy atom. The molecule has 1 heterocycles. The molecule has 4 rings (SSSR count). The number of carbonyl (C=O) groups is 1. The van der Waals surface area contributed by atoms with Crippen molar-refractivity contribution in [2.24, 2.45) is 5.92 Å². The minimum absolute atomic E-state index is 0.0150. The van der Waals surface area contributed by atoms with Gasteiger partial charge in [0.1, 0.15) is 17.5 Å². The SMILES string of the molecule is COc1ccc(OC)c([C@H]2[C@H]3CCCC[C@]3(O)CC[NH+]2CC(=O)NC2CCCCC2)c1. The average Bonchev–Trinajstić information content (AvgIpc) is 2.79. The number of ether oxygens (including phenoxy) is 2. The van der Waals surface area contributed by atoms with Crippen LogP contribution in [0.1, 0.15) is 75.8 Å². The second-order valence-electron chi connectivity index (χ2n) is 9.78. The third-order valence-corrected chi connectivity index (χ3v) is 7.92. The molecule has 2 saturated carbocycles. The highest BCUT2D eigenvalue weighted by atomic mass is 16.5. The van der Waals surface area contributed by atoms with Crippen LogP contribution in [-0.4, -0.2) is 50.0 Å². The van der Waals surface area contributed by atoms with Crippen molar-refractivity contribution in [2.45, 2.75) is 81.9 Å². The summed E-state index contributed by atoms with van der Waals surface area (Å²) in [6.07, 6.45) is 10.7. The molecule has 1 unspecified atom stereocenters. The van der Waals surface area contributed by atoms with Gasteiger partial charge in [0.25, 0.3) is 5.91 Å². The number of hydrogen-bond acceptors (Lipinski definition) is 4. The van der Waals surface area contributed by atoms with Gasteiger partial charge in [-0.3, -0.25) is 4.79 Å². The Morgan fingerprint density at radius 1 is 1.10 bits per heavy atom. The lowest BCUT2D eigenvalue weighted by Gasteiger charge is -2.50. The zero-order chi connectivity index (χ0) is 21.8. The first-order valence-electron chi connectivity index (χ1n) is 12.1. The molecule has 172 valence electrons. The number of piperidine rings is 1. The molecular weight excluding hydrogens is 392 g/mol. The van der Waals surface area contributed by atoms with Crippen LogP contribution >= 0.6 is 0 Å². The molecule has 6 heteroatoms. The van der Waals surface area contributed by atoms with E-state index < -0.39 is 5.60 Å². The maximum Gasteiger partial charge on any atom is 0.275 e. The van der Waals surface area contributed by atoms with E-state index in [1.165, 1.54) is 24.2 Å². The van der Waals surface area contributed by atoms with E-state index in [9.17, 15) is 9.90 Å². The smallest absolute Gasteiger partial charge is 0.275 e. The van der Waals surface area contributed by atoms with E-state index in [-0.39, 0.29) is 17.9 Å². The summed E-state index contributed by atoms with van der Waals surface area (Å²) in [5.74, 6) is 1.85. The van der Waals surface area contributed by atoms with Crippen LogP contribution in [0.25, 0.3) is 0 Å². The molecule has 2 aliphatic carbocycles. The number of fused-ring (bicyclic) bond motifs is 1. The van der Waals surface area contributed by atoms with Crippen molar-refractivity contribution < 1.29 is 24.3 Å². The molecule has 1 aromatic carbocycles. The highest BCUT2D eigenvalue weighted by Crippen LogP contribution is 2.46. The van der Waals surface area contributed by atoms with Crippen molar-refractivity contribution in [2.75, 3.05) is 27.3 Å². The molecule has 3 N–H and O–H groups in total. The van der Waals surface area contributed by atoms with Gasteiger partial charge in [-0.1, -0.05) is 32.1 Å². The first kappa shape index (κ1) is 22.4. The third-order valence-electron chi connectivity index (χ3n) is 7.92. The standard InChI is InChI=1S/C25H38N2O4/c1-30-19-11-12-22(31-2)20(16-19)24-21-10-6-7-13-25(21,29)14-15-27(24)17-23(28)26-18-8-4-3-5-9-18/h11-12,16,18,21,24,29H,3-10,13-15,17H2,1-2H3,(H,26,28)/p+1/t21-,24+,25+/m1/s1. The number of rotatable bonds is 6. The number of carbonyl (C=O) groups excluding carboxylic acids is 1. The molecule has 1 aliphatic heterocycles. The number of benzene rings is 1. The lowest BCUT2D eigenvalue weighted by atomic mass is 9.66. The molecule has 4 atom stereocenters. The van der Waals surface area contributed by atoms with Crippen LogP contribution in [0, 0.1) is 5.92 Å². The number of likely N-dealkylation sites (tertiary alicyclic amines) is 1. The van der Waals surface area contributed by atoms with Gasteiger partial charge in [0.05, 0.1) is 31.9 Å². The Morgan fingerprint density at radius 2 is 1.87 bits per heavy atom. The van der Waals surface area contributed by atoms with E-state index in [1.807, 2.05) is 18.2 Å². The molecular formula is C25H39N2O4+. The van der Waals surface area contributed by atoms with Gasteiger partial charge in [0, 0.05) is 18.4 Å². The first-order chi connectivity index (χ1) is 15.0. The summed E-state index contributed by atoms with van der Waals surface area (Å²) >= 11 is 0. The van der Waals surface area contributed by atoms with E-state index in [2.05, 4.69) is 5.32 Å². The number of amides is 1. The number of nitrogens with one attached hydrogen (secondary N) is 2. The minimum Gasteiger partial charge on any atom is -0.497 e. The van der Waals surface area contributed by atoms with E-state index >= 15 is 0 Å². The Hall–Kier alpha value is -1.79. The third kappa shape index (κ3) is 4.85. The molecule has 6 nitrogen and oxygen atoms in total. The number of methoxy groups -OCH3 is 2. The van der Waals surface area contributed by atoms with Crippen LogP contribution in [0.5, 0.6) is 11.5 Å². The van der Waals surface area contributed by atoms with Crippen molar-refractivity contribution in [3.05, 3.63) is 23.8 Å². The lowest BCUT2D eigenvalue weighted by molar-refractivity contribution is -0.937. The predicted octanol–water partition coefficient (Wildman–Crippen LogP) is 2.40. The summed E-state index contributed by atoms with van der Waals surface area (Å²) in [6, 6.07) is 6.24. The lowest BCUT2D eigenvalue weighted by Crippen LogP contribution is -3.16. The summed E-state index contributed by atoms with van der Waals surface area (Å²) < 4.78 is 11.3. The monoisotopic (exact) mass is 431 g/mol. The molecule has 0 aromatic heterocycles. The first-order valence-corrected chi connectivity index (χ1v) is 12.1. The van der Waals surface area contributed by atoms with Crippen molar-refractivity contribution in [1.29, 1.82) is 0 Å². The number of aliphatic hydroxyl groups is 1. The number of hydrogen-bond donors (Lipinski definition) is 3. The van der Waals surface area contributed by atoms with Crippen molar-refractivity contribution in [3.8, 4) is 11.5 Å². The Balaban J connectivity index is 1.61. The van der Waals surface area contributed by atoms with E-state index in [4.69, 9.17) is 9.47 Å². The fourth-order valence-electron chi connectivity index (χ4n) is 6.30. The fourth-order valence-corrected chi connectivity index (χ4v) is 6.30. The van der Waals surface area contributed by atoms with Crippen LogP contribution < -0.4 is 19.7 Å². The summed E-state index contributed by atoms with van der Waals surface area (Å²) in [7, 11) is 3.36. The quantitative estimate of drug-likeness (QED) is 0.647. The molecule has 3 fully saturated rings. The maximum atomic E-state index is 13.0. The molecule has 1 saturated heterocycles.